The Bertz CT molecular complexity index is 1250. The van der Waals surface area contributed by atoms with Gasteiger partial charge in [-0.2, -0.15) is 0 Å². The van der Waals surface area contributed by atoms with Crippen molar-refractivity contribution in [3.63, 3.8) is 0 Å². The van der Waals surface area contributed by atoms with Crippen LogP contribution in [0.5, 0.6) is 0 Å². The molecule has 30 heavy (non-hydrogen) atoms. The molecule has 1 amide bonds. The van der Waals surface area contributed by atoms with Gasteiger partial charge in [-0.15, -0.1) is 0 Å². The molecule has 3 heterocycles. The summed E-state index contributed by atoms with van der Waals surface area (Å²) < 4.78 is 11.5. The van der Waals surface area contributed by atoms with Crippen LogP contribution in [0.4, 0.5) is 0 Å². The zero-order chi connectivity index (χ0) is 21.7. The highest BCUT2D eigenvalue weighted by molar-refractivity contribution is 6.00. The lowest BCUT2D eigenvalue weighted by Gasteiger charge is -2.21. The van der Waals surface area contributed by atoms with Crippen LogP contribution in [0.3, 0.4) is 0 Å². The largest absolute Gasteiger partial charge is 0.480 e. The number of hydrogen-bond donors (Lipinski definition) is 1. The summed E-state index contributed by atoms with van der Waals surface area (Å²) >= 11 is 0. The Hall–Kier alpha value is -3.09. The summed E-state index contributed by atoms with van der Waals surface area (Å²) in [4.78, 5) is 38.1. The fraction of sp³-hybridized carbons (Fsp3) is 0.435. The van der Waals surface area contributed by atoms with Crippen molar-refractivity contribution in [3.05, 3.63) is 44.5 Å². The van der Waals surface area contributed by atoms with Gasteiger partial charge in [-0.1, -0.05) is 0 Å². The molecule has 158 valence electrons. The zero-order valence-electron chi connectivity index (χ0n) is 17.6. The maximum Gasteiger partial charge on any atom is 0.339 e. The molecule has 7 heteroatoms. The molecule has 0 unspecified atom stereocenters. The second kappa shape index (κ2) is 7.31. The summed E-state index contributed by atoms with van der Waals surface area (Å²) in [6.07, 6.45) is 1.44. The van der Waals surface area contributed by atoms with Gasteiger partial charge in [0.2, 0.25) is 5.91 Å². The molecule has 0 aliphatic carbocycles. The number of furan rings is 1. The Labute approximate surface area is 173 Å². The Morgan fingerprint density at radius 3 is 2.43 bits per heavy atom. The number of rotatable bonds is 4. The molecular weight excluding hydrogens is 386 g/mol. The third-order valence-electron chi connectivity index (χ3n) is 6.39. The molecule has 1 atom stereocenters. The van der Waals surface area contributed by atoms with E-state index in [2.05, 4.69) is 0 Å². The maximum atomic E-state index is 12.7. The lowest BCUT2D eigenvalue weighted by atomic mass is 9.98. The number of benzene rings is 1. The number of carboxylic acids is 1. The Morgan fingerprint density at radius 1 is 1.07 bits per heavy atom. The van der Waals surface area contributed by atoms with Gasteiger partial charge >= 0.3 is 11.6 Å². The van der Waals surface area contributed by atoms with Gasteiger partial charge in [0.1, 0.15) is 23.0 Å². The quantitative estimate of drug-likeness (QED) is 0.656. The highest BCUT2D eigenvalue weighted by Crippen LogP contribution is 2.34. The average Bonchev–Trinajstić information content (AvgIpc) is 3.29. The van der Waals surface area contributed by atoms with E-state index in [1.54, 1.807) is 0 Å². The molecular formula is C23H25NO6. The molecule has 0 bridgehead atoms. The number of likely N-dealkylation sites (tertiary alicyclic amines) is 1. The molecule has 4 rings (SSSR count). The molecule has 7 nitrogen and oxygen atoms in total. The standard InChI is InChI=1S/C23H25NO6/c1-11-14(4)29-20-13(3)21-17(10-16(11)20)12(2)15(23(28)30-21)7-8-19(25)24-9-5-6-18(24)22(26)27/h10,18H,5-9H2,1-4H3,(H,26,27)/t18-/m0/s1. The highest BCUT2D eigenvalue weighted by atomic mass is 16.4. The number of nitrogens with zero attached hydrogens (tertiary/aromatic N) is 1. The smallest absolute Gasteiger partial charge is 0.339 e. The van der Waals surface area contributed by atoms with E-state index in [0.717, 1.165) is 38.8 Å². The SMILES string of the molecule is Cc1oc2c(C)c3oc(=O)c(CCC(=O)N4CCC[C@H]4C(=O)O)c(C)c3cc2c1C. The summed E-state index contributed by atoms with van der Waals surface area (Å²) in [6, 6.07) is 1.21. The van der Waals surface area contributed by atoms with Gasteiger partial charge in [0.25, 0.3) is 0 Å². The fourth-order valence-electron chi connectivity index (χ4n) is 4.48. The van der Waals surface area contributed by atoms with Crippen molar-refractivity contribution in [1.82, 2.24) is 4.90 Å². The summed E-state index contributed by atoms with van der Waals surface area (Å²) in [6.45, 7) is 8.08. The summed E-state index contributed by atoms with van der Waals surface area (Å²) in [5, 5.41) is 11.1. The number of aryl methyl sites for hydroxylation is 4. The summed E-state index contributed by atoms with van der Waals surface area (Å²) in [7, 11) is 0. The topological polar surface area (TPSA) is 101 Å². The van der Waals surface area contributed by atoms with E-state index >= 15 is 0 Å². The lowest BCUT2D eigenvalue weighted by Crippen LogP contribution is -2.40. The van der Waals surface area contributed by atoms with Gasteiger partial charge in [-0.25, -0.2) is 9.59 Å². The van der Waals surface area contributed by atoms with Crippen molar-refractivity contribution in [2.75, 3.05) is 6.54 Å². The molecule has 0 spiro atoms. The summed E-state index contributed by atoms with van der Waals surface area (Å²) in [5.41, 5.74) is 3.82. The molecule has 0 radical (unpaired) electrons. The minimum atomic E-state index is -0.979. The molecule has 2 aromatic heterocycles. The molecule has 1 fully saturated rings. The number of carboxylic acid groups (broad SMARTS) is 1. The van der Waals surface area contributed by atoms with E-state index < -0.39 is 17.6 Å². The minimum Gasteiger partial charge on any atom is -0.480 e. The van der Waals surface area contributed by atoms with Crippen LogP contribution in [0.1, 0.15) is 47.3 Å². The third-order valence-corrected chi connectivity index (χ3v) is 6.39. The zero-order valence-corrected chi connectivity index (χ0v) is 17.6. The van der Waals surface area contributed by atoms with Crippen LogP contribution < -0.4 is 5.63 Å². The first kappa shape index (κ1) is 20.2. The van der Waals surface area contributed by atoms with E-state index in [9.17, 15) is 19.5 Å². The number of aliphatic carboxylic acids is 1. The number of carbonyl (C=O) groups is 2. The van der Waals surface area contributed by atoms with E-state index in [-0.39, 0.29) is 18.7 Å². The van der Waals surface area contributed by atoms with Crippen molar-refractivity contribution in [3.8, 4) is 0 Å². The maximum absolute atomic E-state index is 12.7. The molecule has 3 aromatic rings. The first-order valence-corrected chi connectivity index (χ1v) is 10.2. The molecule has 1 N–H and O–H groups in total. The Kier molecular flexibility index (Phi) is 4.92. The fourth-order valence-corrected chi connectivity index (χ4v) is 4.48. The molecule has 1 saturated heterocycles. The monoisotopic (exact) mass is 411 g/mol. The Balaban J connectivity index is 1.70. The number of fused-ring (bicyclic) bond motifs is 2. The molecule has 0 saturated carbocycles. The highest BCUT2D eigenvalue weighted by Gasteiger charge is 2.33. The van der Waals surface area contributed by atoms with Crippen molar-refractivity contribution < 1.29 is 23.5 Å². The van der Waals surface area contributed by atoms with Crippen LogP contribution in [0.15, 0.2) is 19.7 Å². The number of amides is 1. The van der Waals surface area contributed by atoms with Gasteiger partial charge in [-0.3, -0.25) is 4.79 Å². The van der Waals surface area contributed by atoms with Crippen LogP contribution in [0, 0.1) is 27.7 Å². The van der Waals surface area contributed by atoms with Crippen LogP contribution in [0.25, 0.3) is 21.9 Å². The summed E-state index contributed by atoms with van der Waals surface area (Å²) in [5.74, 6) is -0.396. The average molecular weight is 411 g/mol. The van der Waals surface area contributed by atoms with Crippen molar-refractivity contribution in [2.24, 2.45) is 0 Å². The predicted molar refractivity (Wildman–Crippen MR) is 112 cm³/mol. The Morgan fingerprint density at radius 2 is 1.73 bits per heavy atom. The van der Waals surface area contributed by atoms with E-state index in [4.69, 9.17) is 8.83 Å². The van der Waals surface area contributed by atoms with Crippen molar-refractivity contribution in [2.45, 2.75) is 59.4 Å². The van der Waals surface area contributed by atoms with E-state index in [0.29, 0.717) is 30.5 Å². The van der Waals surface area contributed by atoms with Crippen LogP contribution in [-0.2, 0) is 16.0 Å². The first-order valence-electron chi connectivity index (χ1n) is 10.2. The van der Waals surface area contributed by atoms with Crippen LogP contribution >= 0.6 is 0 Å². The van der Waals surface area contributed by atoms with Crippen molar-refractivity contribution in [1.29, 1.82) is 0 Å². The van der Waals surface area contributed by atoms with Gasteiger partial charge in [-0.05, 0) is 64.2 Å². The minimum absolute atomic E-state index is 0.0754. The third kappa shape index (κ3) is 3.09. The number of hydrogen-bond acceptors (Lipinski definition) is 5. The second-order valence-electron chi connectivity index (χ2n) is 8.11. The van der Waals surface area contributed by atoms with Crippen LogP contribution in [0.2, 0.25) is 0 Å². The predicted octanol–water partition coefficient (Wildman–Crippen LogP) is 3.78. The molecule has 1 aromatic carbocycles. The molecule has 1 aliphatic rings. The van der Waals surface area contributed by atoms with E-state index in [1.165, 1.54) is 4.90 Å². The van der Waals surface area contributed by atoms with Gasteiger partial charge in [0.05, 0.1) is 0 Å². The second-order valence-corrected chi connectivity index (χ2v) is 8.11. The van der Waals surface area contributed by atoms with Crippen LogP contribution in [-0.4, -0.2) is 34.5 Å². The van der Waals surface area contributed by atoms with E-state index in [1.807, 2.05) is 33.8 Å². The normalized spacial score (nSPS) is 16.7. The van der Waals surface area contributed by atoms with Gasteiger partial charge in [0, 0.05) is 34.9 Å². The van der Waals surface area contributed by atoms with Gasteiger partial charge in [0.15, 0.2) is 0 Å². The van der Waals surface area contributed by atoms with Gasteiger partial charge < -0.3 is 18.8 Å². The first-order chi connectivity index (χ1) is 14.2. The van der Waals surface area contributed by atoms with Crippen molar-refractivity contribution >= 4 is 33.8 Å². The molecule has 1 aliphatic heterocycles. The number of carbonyl (C=O) groups excluding carboxylic acids is 1. The lowest BCUT2D eigenvalue weighted by molar-refractivity contribution is -0.148.